The lowest BCUT2D eigenvalue weighted by molar-refractivity contribution is 1.28. The van der Waals surface area contributed by atoms with E-state index in [4.69, 9.17) is 0 Å². The van der Waals surface area contributed by atoms with Crippen LogP contribution in [0.15, 0.2) is 63.9 Å². The largest absolute Gasteiger partial charge is 0.192 e. The summed E-state index contributed by atoms with van der Waals surface area (Å²) in [5, 5.41) is 18.4. The van der Waals surface area contributed by atoms with Crippen molar-refractivity contribution < 1.29 is 0 Å². The minimum absolute atomic E-state index is 0.167. The van der Waals surface area contributed by atoms with E-state index in [1.807, 2.05) is 60.7 Å². The molecule has 0 atom stereocenters. The second-order valence-corrected chi connectivity index (χ2v) is 5.15. The average Bonchev–Trinajstić information content (AvgIpc) is 2.47. The van der Waals surface area contributed by atoms with Crippen LogP contribution in [-0.2, 0) is 0 Å². The van der Waals surface area contributed by atoms with E-state index in [0.29, 0.717) is 0 Å². The van der Waals surface area contributed by atoms with Gasteiger partial charge in [0, 0.05) is 15.4 Å². The van der Waals surface area contributed by atoms with Crippen molar-refractivity contribution in [2.45, 2.75) is 9.79 Å². The number of nitriles is 2. The van der Waals surface area contributed by atoms with Crippen LogP contribution in [0.4, 0.5) is 0 Å². The van der Waals surface area contributed by atoms with Crippen molar-refractivity contribution in [3.05, 3.63) is 65.2 Å². The van der Waals surface area contributed by atoms with Crippen LogP contribution in [0.25, 0.3) is 5.57 Å². The number of hydrogen-bond donors (Lipinski definition) is 0. The zero-order valence-electron chi connectivity index (χ0n) is 9.92. The van der Waals surface area contributed by atoms with Crippen LogP contribution in [0.3, 0.4) is 0 Å². The monoisotopic (exact) mass is 260 g/mol. The molecule has 0 aliphatic carbocycles. The molecule has 0 fully saturated rings. The maximum atomic E-state index is 9.19. The fourth-order valence-corrected chi connectivity index (χ4v) is 3.28. The fraction of sp³-hybridized carbons (Fsp3) is 0. The van der Waals surface area contributed by atoms with Gasteiger partial charge >= 0.3 is 0 Å². The quantitative estimate of drug-likeness (QED) is 0.574. The summed E-state index contributed by atoms with van der Waals surface area (Å²) in [5.74, 6) is 0. The first-order valence-electron chi connectivity index (χ1n) is 5.76. The highest BCUT2D eigenvalue weighted by Gasteiger charge is 2.23. The molecule has 0 radical (unpaired) electrons. The highest BCUT2D eigenvalue weighted by Crippen LogP contribution is 2.46. The van der Waals surface area contributed by atoms with E-state index in [1.54, 1.807) is 11.8 Å². The summed E-state index contributed by atoms with van der Waals surface area (Å²) < 4.78 is 0. The molecule has 0 unspecified atom stereocenters. The molecule has 0 saturated carbocycles. The Labute approximate surface area is 115 Å². The molecule has 1 aliphatic rings. The summed E-state index contributed by atoms with van der Waals surface area (Å²) in [6.07, 6.45) is 0. The zero-order chi connectivity index (χ0) is 13.2. The van der Waals surface area contributed by atoms with Gasteiger partial charge in [-0.3, -0.25) is 0 Å². The van der Waals surface area contributed by atoms with Crippen molar-refractivity contribution in [1.82, 2.24) is 0 Å². The Bertz CT molecular complexity index is 712. The third-order valence-electron chi connectivity index (χ3n) is 3.01. The van der Waals surface area contributed by atoms with Crippen molar-refractivity contribution in [3.8, 4) is 12.1 Å². The smallest absolute Gasteiger partial charge is 0.138 e. The van der Waals surface area contributed by atoms with Crippen molar-refractivity contribution in [3.63, 3.8) is 0 Å². The van der Waals surface area contributed by atoms with Crippen LogP contribution in [-0.4, -0.2) is 0 Å². The molecule has 1 heterocycles. The highest BCUT2D eigenvalue weighted by molar-refractivity contribution is 7.99. The molecule has 2 aromatic rings. The van der Waals surface area contributed by atoms with Gasteiger partial charge in [-0.15, -0.1) is 0 Å². The van der Waals surface area contributed by atoms with Gasteiger partial charge in [0.05, 0.1) is 0 Å². The first-order valence-corrected chi connectivity index (χ1v) is 6.58. The number of nitrogens with zero attached hydrogens (tertiary/aromatic N) is 2. The minimum Gasteiger partial charge on any atom is -0.192 e. The summed E-state index contributed by atoms with van der Waals surface area (Å²) in [6, 6.07) is 19.8. The van der Waals surface area contributed by atoms with Gasteiger partial charge < -0.3 is 0 Å². The summed E-state index contributed by atoms with van der Waals surface area (Å²) in [6.45, 7) is 0. The Kier molecular flexibility index (Phi) is 2.83. The fourth-order valence-electron chi connectivity index (χ4n) is 2.19. The Balaban J connectivity index is 2.40. The second kappa shape index (κ2) is 4.65. The van der Waals surface area contributed by atoms with Gasteiger partial charge in [-0.2, -0.15) is 10.5 Å². The molecule has 0 saturated heterocycles. The van der Waals surface area contributed by atoms with Gasteiger partial charge in [0.2, 0.25) is 0 Å². The Morgan fingerprint density at radius 3 is 1.74 bits per heavy atom. The predicted octanol–water partition coefficient (Wildman–Crippen LogP) is 4.00. The Hall–Kier alpha value is -2.49. The van der Waals surface area contributed by atoms with E-state index in [0.717, 1.165) is 26.5 Å². The van der Waals surface area contributed by atoms with E-state index >= 15 is 0 Å². The lowest BCUT2D eigenvalue weighted by Gasteiger charge is -2.21. The third-order valence-corrected chi connectivity index (χ3v) is 4.16. The van der Waals surface area contributed by atoms with E-state index in [2.05, 4.69) is 0 Å². The third kappa shape index (κ3) is 1.81. The standard InChI is InChI=1S/C16H8N2S/c17-9-11(10-18)16-12-5-1-3-7-14(12)19-15-8-4-2-6-13(15)16/h1-8H. The Morgan fingerprint density at radius 1 is 0.789 bits per heavy atom. The van der Waals surface area contributed by atoms with Crippen molar-refractivity contribution in [2.75, 3.05) is 0 Å². The first kappa shape index (κ1) is 11.6. The minimum atomic E-state index is 0.167. The van der Waals surface area contributed by atoms with Crippen LogP contribution in [0.1, 0.15) is 11.1 Å². The molecule has 1 aliphatic heterocycles. The van der Waals surface area contributed by atoms with Gasteiger partial charge in [0.1, 0.15) is 17.7 Å². The van der Waals surface area contributed by atoms with E-state index in [9.17, 15) is 10.5 Å². The van der Waals surface area contributed by atoms with Crippen molar-refractivity contribution in [2.24, 2.45) is 0 Å². The molecule has 3 rings (SSSR count). The van der Waals surface area contributed by atoms with E-state index in [1.165, 1.54) is 0 Å². The molecule has 0 amide bonds. The number of fused-ring (bicyclic) bond motifs is 2. The van der Waals surface area contributed by atoms with Gasteiger partial charge in [-0.1, -0.05) is 48.2 Å². The number of allylic oxidation sites excluding steroid dienone is 1. The summed E-state index contributed by atoms with van der Waals surface area (Å²) in [5.41, 5.74) is 2.84. The molecule has 2 aromatic carbocycles. The summed E-state index contributed by atoms with van der Waals surface area (Å²) in [4.78, 5) is 2.17. The van der Waals surface area contributed by atoms with Gasteiger partial charge in [0.15, 0.2) is 0 Å². The van der Waals surface area contributed by atoms with Gasteiger partial charge in [0.25, 0.3) is 0 Å². The average molecular weight is 260 g/mol. The van der Waals surface area contributed by atoms with E-state index in [-0.39, 0.29) is 5.57 Å². The van der Waals surface area contributed by atoms with Gasteiger partial charge in [-0.05, 0) is 23.3 Å². The molecule has 88 valence electrons. The number of hydrogen-bond acceptors (Lipinski definition) is 3. The summed E-state index contributed by atoms with van der Waals surface area (Å²) >= 11 is 1.67. The SMILES string of the molecule is N#CC(C#N)=C1c2ccccc2Sc2ccccc21. The molecule has 0 aromatic heterocycles. The van der Waals surface area contributed by atoms with E-state index < -0.39 is 0 Å². The topological polar surface area (TPSA) is 47.6 Å². The van der Waals surface area contributed by atoms with Crippen LogP contribution in [0, 0.1) is 22.7 Å². The lowest BCUT2D eigenvalue weighted by atomic mass is 9.93. The predicted molar refractivity (Wildman–Crippen MR) is 74.3 cm³/mol. The first-order chi connectivity index (χ1) is 9.35. The molecule has 2 nitrogen and oxygen atoms in total. The van der Waals surface area contributed by atoms with Crippen LogP contribution >= 0.6 is 11.8 Å². The summed E-state index contributed by atoms with van der Waals surface area (Å²) in [7, 11) is 0. The molecule has 0 spiro atoms. The molecule has 19 heavy (non-hydrogen) atoms. The number of benzene rings is 2. The van der Waals surface area contributed by atoms with Gasteiger partial charge in [-0.25, -0.2) is 0 Å². The van der Waals surface area contributed by atoms with Crippen molar-refractivity contribution >= 4 is 17.3 Å². The van der Waals surface area contributed by atoms with Crippen LogP contribution < -0.4 is 0 Å². The number of rotatable bonds is 0. The normalized spacial score (nSPS) is 11.8. The second-order valence-electron chi connectivity index (χ2n) is 4.07. The maximum Gasteiger partial charge on any atom is 0.138 e. The zero-order valence-corrected chi connectivity index (χ0v) is 10.7. The van der Waals surface area contributed by atoms with Crippen LogP contribution in [0.2, 0.25) is 0 Å². The highest BCUT2D eigenvalue weighted by atomic mass is 32.2. The van der Waals surface area contributed by atoms with Crippen molar-refractivity contribution in [1.29, 1.82) is 10.5 Å². The molecule has 0 N–H and O–H groups in total. The molecular weight excluding hydrogens is 252 g/mol. The lowest BCUT2D eigenvalue weighted by Crippen LogP contribution is -2.01. The molecule has 0 bridgehead atoms. The maximum absolute atomic E-state index is 9.19. The van der Waals surface area contributed by atoms with Crippen LogP contribution in [0.5, 0.6) is 0 Å². The molecular formula is C16H8N2S. The Morgan fingerprint density at radius 2 is 1.26 bits per heavy atom. The molecule has 3 heteroatoms.